The van der Waals surface area contributed by atoms with E-state index in [0.717, 1.165) is 12.8 Å². The van der Waals surface area contributed by atoms with Gasteiger partial charge in [0.15, 0.2) is 0 Å². The molecule has 0 amide bonds. The van der Waals surface area contributed by atoms with Gasteiger partial charge in [0.2, 0.25) is 0 Å². The lowest BCUT2D eigenvalue weighted by Gasteiger charge is -2.33. The fourth-order valence-corrected chi connectivity index (χ4v) is 3.86. The second-order valence-electron chi connectivity index (χ2n) is 4.48. The van der Waals surface area contributed by atoms with Crippen LogP contribution >= 0.6 is 0 Å². The molecule has 1 rings (SSSR count). The van der Waals surface area contributed by atoms with Crippen LogP contribution in [-0.4, -0.2) is 19.3 Å². The Morgan fingerprint density at radius 3 is 2.09 bits per heavy atom. The summed E-state index contributed by atoms with van der Waals surface area (Å²) in [5, 5.41) is 9.69. The zero-order valence-electron chi connectivity index (χ0n) is 7.67. The highest BCUT2D eigenvalue weighted by Crippen LogP contribution is 2.33. The molecule has 0 unspecified atom stereocenters. The van der Waals surface area contributed by atoms with E-state index in [-0.39, 0.29) is 6.10 Å². The zero-order chi connectivity index (χ0) is 8.48. The Morgan fingerprint density at radius 2 is 1.73 bits per heavy atom. The van der Waals surface area contributed by atoms with Crippen LogP contribution in [0.4, 0.5) is 0 Å². The molecule has 0 spiro atoms. The third-order valence-corrected chi connectivity index (χ3v) is 5.36. The quantitative estimate of drug-likeness (QED) is 0.473. The topological polar surface area (TPSA) is 20.2 Å². The van der Waals surface area contributed by atoms with Crippen LogP contribution in [0.1, 0.15) is 12.8 Å². The standard InChI is InChI=1S/C9H18OSi/c1-11(2,3)9-7-5-4-6-8(9)10/h4-5,8-10H,6-7H2,1-3H3/t8-,9-/m1/s1. The highest BCUT2D eigenvalue weighted by atomic mass is 28.3. The number of rotatable bonds is 1. The number of allylic oxidation sites excluding steroid dienone is 1. The number of aliphatic hydroxyl groups is 1. The van der Waals surface area contributed by atoms with Crippen LogP contribution in [0.5, 0.6) is 0 Å². The van der Waals surface area contributed by atoms with Crippen LogP contribution in [0.3, 0.4) is 0 Å². The van der Waals surface area contributed by atoms with Gasteiger partial charge in [0.25, 0.3) is 0 Å². The molecule has 0 aliphatic heterocycles. The van der Waals surface area contributed by atoms with Crippen LogP contribution in [-0.2, 0) is 0 Å². The smallest absolute Gasteiger partial charge is 0.0582 e. The van der Waals surface area contributed by atoms with Gasteiger partial charge in [-0.15, -0.1) is 0 Å². The third-order valence-electron chi connectivity index (χ3n) is 2.51. The van der Waals surface area contributed by atoms with Crippen LogP contribution in [0.15, 0.2) is 12.2 Å². The van der Waals surface area contributed by atoms with E-state index >= 15 is 0 Å². The molecule has 1 aliphatic carbocycles. The molecule has 1 aliphatic rings. The summed E-state index contributed by atoms with van der Waals surface area (Å²) in [6.07, 6.45) is 6.22. The maximum absolute atomic E-state index is 9.69. The molecule has 1 N–H and O–H groups in total. The first-order valence-electron chi connectivity index (χ1n) is 4.35. The summed E-state index contributed by atoms with van der Waals surface area (Å²) >= 11 is 0. The van der Waals surface area contributed by atoms with Gasteiger partial charge in [-0.25, -0.2) is 0 Å². The summed E-state index contributed by atoms with van der Waals surface area (Å²) < 4.78 is 0. The Hall–Kier alpha value is -0.0831. The van der Waals surface area contributed by atoms with Crippen LogP contribution < -0.4 is 0 Å². The maximum atomic E-state index is 9.69. The Labute approximate surface area is 70.1 Å². The van der Waals surface area contributed by atoms with Crippen molar-refractivity contribution in [3.8, 4) is 0 Å². The molecule has 0 heterocycles. The second-order valence-corrected chi connectivity index (χ2v) is 9.96. The predicted octanol–water partition coefficient (Wildman–Crippen LogP) is 2.41. The Bertz CT molecular complexity index is 157. The lowest BCUT2D eigenvalue weighted by molar-refractivity contribution is 0.161. The molecule has 2 heteroatoms. The van der Waals surface area contributed by atoms with Gasteiger partial charge in [-0.1, -0.05) is 31.8 Å². The summed E-state index contributed by atoms with van der Waals surface area (Å²) in [6, 6.07) is 0. The minimum absolute atomic E-state index is 0.0633. The Kier molecular flexibility index (Phi) is 2.55. The van der Waals surface area contributed by atoms with E-state index in [4.69, 9.17) is 0 Å². The van der Waals surface area contributed by atoms with Crippen LogP contribution in [0.25, 0.3) is 0 Å². The van der Waals surface area contributed by atoms with Crippen molar-refractivity contribution in [2.24, 2.45) is 0 Å². The molecule has 0 saturated heterocycles. The average Bonchev–Trinajstić information content (AvgIpc) is 1.86. The predicted molar refractivity (Wildman–Crippen MR) is 51.5 cm³/mol. The Balaban J connectivity index is 2.64. The minimum atomic E-state index is -1.12. The lowest BCUT2D eigenvalue weighted by atomic mass is 10.0. The van der Waals surface area contributed by atoms with Crippen LogP contribution in [0.2, 0.25) is 25.2 Å². The van der Waals surface area contributed by atoms with Gasteiger partial charge in [0, 0.05) is 0 Å². The molecule has 11 heavy (non-hydrogen) atoms. The fraction of sp³-hybridized carbons (Fsp3) is 0.778. The zero-order valence-corrected chi connectivity index (χ0v) is 8.67. The van der Waals surface area contributed by atoms with E-state index in [0.29, 0.717) is 5.54 Å². The SMILES string of the molecule is C[Si](C)(C)[C@@H]1CC=CC[C@H]1O. The van der Waals surface area contributed by atoms with Gasteiger partial charge in [-0.3, -0.25) is 0 Å². The fourth-order valence-electron chi connectivity index (χ4n) is 1.73. The summed E-state index contributed by atoms with van der Waals surface area (Å²) in [5.74, 6) is 0. The normalized spacial score (nSPS) is 32.4. The molecule has 0 aromatic carbocycles. The highest BCUT2D eigenvalue weighted by molar-refractivity contribution is 6.77. The minimum Gasteiger partial charge on any atom is -0.393 e. The number of hydrogen-bond acceptors (Lipinski definition) is 1. The van der Waals surface area contributed by atoms with Crippen molar-refractivity contribution in [1.82, 2.24) is 0 Å². The number of hydrogen-bond donors (Lipinski definition) is 1. The van der Waals surface area contributed by atoms with Crippen molar-refractivity contribution >= 4 is 8.07 Å². The van der Waals surface area contributed by atoms with E-state index in [1.807, 2.05) is 0 Å². The molecule has 0 aromatic rings. The molecular weight excluding hydrogens is 152 g/mol. The van der Waals surface area contributed by atoms with Crippen molar-refractivity contribution in [1.29, 1.82) is 0 Å². The van der Waals surface area contributed by atoms with E-state index in [2.05, 4.69) is 31.8 Å². The highest BCUT2D eigenvalue weighted by Gasteiger charge is 2.32. The van der Waals surface area contributed by atoms with E-state index < -0.39 is 8.07 Å². The summed E-state index contributed by atoms with van der Waals surface area (Å²) in [5.41, 5.74) is 0.576. The first kappa shape index (κ1) is 9.01. The van der Waals surface area contributed by atoms with Crippen molar-refractivity contribution in [3.05, 3.63) is 12.2 Å². The molecule has 0 radical (unpaired) electrons. The third kappa shape index (κ3) is 2.17. The van der Waals surface area contributed by atoms with Gasteiger partial charge in [0.05, 0.1) is 14.2 Å². The van der Waals surface area contributed by atoms with E-state index in [9.17, 15) is 5.11 Å². The van der Waals surface area contributed by atoms with Gasteiger partial charge < -0.3 is 5.11 Å². The first-order chi connectivity index (χ1) is 5.02. The van der Waals surface area contributed by atoms with Crippen molar-refractivity contribution in [3.63, 3.8) is 0 Å². The largest absolute Gasteiger partial charge is 0.393 e. The van der Waals surface area contributed by atoms with Gasteiger partial charge in [-0.2, -0.15) is 0 Å². The molecule has 2 atom stereocenters. The molecule has 1 nitrogen and oxygen atoms in total. The molecular formula is C9H18OSi. The summed E-state index contributed by atoms with van der Waals surface area (Å²) in [4.78, 5) is 0. The Morgan fingerprint density at radius 1 is 1.18 bits per heavy atom. The van der Waals surface area contributed by atoms with E-state index in [1.165, 1.54) is 0 Å². The van der Waals surface area contributed by atoms with Crippen molar-refractivity contribution < 1.29 is 5.11 Å². The molecule has 0 saturated carbocycles. The molecule has 0 aromatic heterocycles. The molecule has 0 bridgehead atoms. The van der Waals surface area contributed by atoms with Crippen molar-refractivity contribution in [2.75, 3.05) is 0 Å². The van der Waals surface area contributed by atoms with Gasteiger partial charge in [-0.05, 0) is 18.4 Å². The lowest BCUT2D eigenvalue weighted by Crippen LogP contribution is -2.36. The van der Waals surface area contributed by atoms with Crippen molar-refractivity contribution in [2.45, 2.75) is 44.1 Å². The summed E-state index contributed by atoms with van der Waals surface area (Å²) in [6.45, 7) is 7.00. The first-order valence-corrected chi connectivity index (χ1v) is 7.92. The number of aliphatic hydroxyl groups excluding tert-OH is 1. The average molecular weight is 170 g/mol. The van der Waals surface area contributed by atoms with E-state index in [1.54, 1.807) is 0 Å². The van der Waals surface area contributed by atoms with Crippen LogP contribution in [0, 0.1) is 0 Å². The molecule has 64 valence electrons. The molecule has 0 fully saturated rings. The van der Waals surface area contributed by atoms with Gasteiger partial charge in [0.1, 0.15) is 0 Å². The monoisotopic (exact) mass is 170 g/mol. The second kappa shape index (κ2) is 3.11. The van der Waals surface area contributed by atoms with Gasteiger partial charge >= 0.3 is 0 Å². The summed E-state index contributed by atoms with van der Waals surface area (Å²) in [7, 11) is -1.12. The maximum Gasteiger partial charge on any atom is 0.0582 e.